The molecule has 1 aromatic heterocycles. The molecule has 0 aliphatic carbocycles. The molecule has 0 spiro atoms. The summed E-state index contributed by atoms with van der Waals surface area (Å²) in [6, 6.07) is -0.422. The van der Waals surface area contributed by atoms with E-state index in [1.807, 2.05) is 11.1 Å². The third-order valence-electron chi connectivity index (χ3n) is 4.80. The first-order valence-electron chi connectivity index (χ1n) is 7.97. The summed E-state index contributed by atoms with van der Waals surface area (Å²) in [5.41, 5.74) is 5.33. The molecule has 1 atom stereocenters. The van der Waals surface area contributed by atoms with Gasteiger partial charge in [0.15, 0.2) is 0 Å². The van der Waals surface area contributed by atoms with E-state index in [-0.39, 0.29) is 11.8 Å². The molecule has 0 bridgehead atoms. The maximum absolute atomic E-state index is 12.6. The standard InChI is InChI=1S/C15H23N5O2/c16-15(22)20-7-1-2-12(10-20)14(21)19-8-3-11(4-9-19)13-17-5-6-18-13/h5-6,11-12H,1-4,7-10H2,(H2,16,22)(H,17,18)/t12-/m0/s1. The minimum Gasteiger partial charge on any atom is -0.351 e. The number of aromatic amines is 1. The number of amides is 3. The van der Waals surface area contributed by atoms with Gasteiger partial charge in [0.1, 0.15) is 5.82 Å². The van der Waals surface area contributed by atoms with Crippen LogP contribution in [-0.2, 0) is 4.79 Å². The largest absolute Gasteiger partial charge is 0.351 e. The van der Waals surface area contributed by atoms with Crippen LogP contribution < -0.4 is 5.73 Å². The number of urea groups is 1. The number of rotatable bonds is 2. The van der Waals surface area contributed by atoms with Gasteiger partial charge in [-0.2, -0.15) is 0 Å². The normalized spacial score (nSPS) is 23.5. The number of carbonyl (C=O) groups is 2. The highest BCUT2D eigenvalue weighted by molar-refractivity contribution is 5.80. The van der Waals surface area contributed by atoms with Crippen LogP contribution in [0.25, 0.3) is 0 Å². The van der Waals surface area contributed by atoms with Crippen LogP contribution in [0.4, 0.5) is 4.79 Å². The summed E-state index contributed by atoms with van der Waals surface area (Å²) in [7, 11) is 0. The van der Waals surface area contributed by atoms with Crippen molar-refractivity contribution in [1.29, 1.82) is 0 Å². The SMILES string of the molecule is NC(=O)N1CCC[C@H](C(=O)N2CCC(c3ncc[nH]3)CC2)C1. The van der Waals surface area contributed by atoms with Crippen molar-refractivity contribution in [2.75, 3.05) is 26.2 Å². The Kier molecular flexibility index (Phi) is 4.31. The Morgan fingerprint density at radius 1 is 1.18 bits per heavy atom. The van der Waals surface area contributed by atoms with E-state index < -0.39 is 6.03 Å². The third-order valence-corrected chi connectivity index (χ3v) is 4.80. The number of nitrogens with zero attached hydrogens (tertiary/aromatic N) is 3. The number of nitrogens with one attached hydrogen (secondary N) is 1. The van der Waals surface area contributed by atoms with Crippen LogP contribution in [0.15, 0.2) is 12.4 Å². The monoisotopic (exact) mass is 305 g/mol. The molecule has 2 saturated heterocycles. The van der Waals surface area contributed by atoms with Gasteiger partial charge in [-0.3, -0.25) is 4.79 Å². The van der Waals surface area contributed by atoms with Crippen LogP contribution in [0.3, 0.4) is 0 Å². The number of nitrogens with two attached hydrogens (primary N) is 1. The number of H-pyrrole nitrogens is 1. The lowest BCUT2D eigenvalue weighted by Crippen LogP contribution is -2.49. The van der Waals surface area contributed by atoms with Crippen molar-refractivity contribution in [2.24, 2.45) is 11.7 Å². The molecule has 0 saturated carbocycles. The lowest BCUT2D eigenvalue weighted by atomic mass is 9.92. The molecule has 7 nitrogen and oxygen atoms in total. The molecule has 2 fully saturated rings. The van der Waals surface area contributed by atoms with Crippen LogP contribution in [0, 0.1) is 5.92 Å². The average molecular weight is 305 g/mol. The van der Waals surface area contributed by atoms with Crippen LogP contribution in [-0.4, -0.2) is 57.9 Å². The van der Waals surface area contributed by atoms with Crippen molar-refractivity contribution in [3.05, 3.63) is 18.2 Å². The van der Waals surface area contributed by atoms with E-state index in [1.54, 1.807) is 11.1 Å². The van der Waals surface area contributed by atoms with Crippen molar-refractivity contribution < 1.29 is 9.59 Å². The maximum atomic E-state index is 12.6. The highest BCUT2D eigenvalue weighted by Gasteiger charge is 2.32. The van der Waals surface area contributed by atoms with Gasteiger partial charge in [0.2, 0.25) is 5.91 Å². The van der Waals surface area contributed by atoms with Gasteiger partial charge < -0.3 is 20.5 Å². The minimum atomic E-state index is -0.422. The molecule has 7 heteroatoms. The van der Waals surface area contributed by atoms with E-state index >= 15 is 0 Å². The van der Waals surface area contributed by atoms with E-state index in [1.165, 1.54) is 0 Å². The molecule has 3 rings (SSSR count). The number of piperidine rings is 2. The van der Waals surface area contributed by atoms with Gasteiger partial charge in [-0.15, -0.1) is 0 Å². The van der Waals surface area contributed by atoms with Gasteiger partial charge in [0.05, 0.1) is 5.92 Å². The molecule has 3 heterocycles. The van der Waals surface area contributed by atoms with E-state index in [4.69, 9.17) is 5.73 Å². The maximum Gasteiger partial charge on any atom is 0.314 e. The summed E-state index contributed by atoms with van der Waals surface area (Å²) in [5, 5.41) is 0. The average Bonchev–Trinajstić information content (AvgIpc) is 3.09. The Hall–Kier alpha value is -2.05. The van der Waals surface area contributed by atoms with Gasteiger partial charge in [-0.05, 0) is 25.7 Å². The predicted molar refractivity (Wildman–Crippen MR) is 81.0 cm³/mol. The number of hydrogen-bond acceptors (Lipinski definition) is 3. The number of likely N-dealkylation sites (tertiary alicyclic amines) is 2. The molecular formula is C15H23N5O2. The van der Waals surface area contributed by atoms with Crippen LogP contribution >= 0.6 is 0 Å². The number of hydrogen-bond donors (Lipinski definition) is 2. The lowest BCUT2D eigenvalue weighted by Gasteiger charge is -2.37. The summed E-state index contributed by atoms with van der Waals surface area (Å²) >= 11 is 0. The number of imidazole rings is 1. The zero-order valence-corrected chi connectivity index (χ0v) is 12.7. The molecule has 0 aromatic carbocycles. The first-order chi connectivity index (χ1) is 10.6. The zero-order chi connectivity index (χ0) is 15.5. The molecule has 120 valence electrons. The van der Waals surface area contributed by atoms with Crippen molar-refractivity contribution in [3.8, 4) is 0 Å². The van der Waals surface area contributed by atoms with E-state index in [2.05, 4.69) is 9.97 Å². The van der Waals surface area contributed by atoms with Gasteiger partial charge in [0, 0.05) is 44.5 Å². The fraction of sp³-hybridized carbons (Fsp3) is 0.667. The molecule has 2 aliphatic heterocycles. The summed E-state index contributed by atoms with van der Waals surface area (Å²) in [5.74, 6) is 1.50. The Balaban J connectivity index is 1.54. The van der Waals surface area contributed by atoms with E-state index in [9.17, 15) is 9.59 Å². The molecule has 0 unspecified atom stereocenters. The first-order valence-corrected chi connectivity index (χ1v) is 7.97. The highest BCUT2D eigenvalue weighted by atomic mass is 16.2. The van der Waals surface area contributed by atoms with Crippen LogP contribution in [0.1, 0.15) is 37.4 Å². The lowest BCUT2D eigenvalue weighted by molar-refractivity contribution is -0.138. The molecule has 3 amide bonds. The van der Waals surface area contributed by atoms with Crippen molar-refractivity contribution in [1.82, 2.24) is 19.8 Å². The van der Waals surface area contributed by atoms with Crippen molar-refractivity contribution >= 4 is 11.9 Å². The highest BCUT2D eigenvalue weighted by Crippen LogP contribution is 2.27. The van der Waals surface area contributed by atoms with Gasteiger partial charge in [-0.1, -0.05) is 0 Å². The quantitative estimate of drug-likeness (QED) is 0.850. The second-order valence-electron chi connectivity index (χ2n) is 6.20. The summed E-state index contributed by atoms with van der Waals surface area (Å²) < 4.78 is 0. The fourth-order valence-electron chi connectivity index (χ4n) is 3.51. The molecule has 22 heavy (non-hydrogen) atoms. The summed E-state index contributed by atoms with van der Waals surface area (Å²) in [4.78, 5) is 34.9. The molecule has 3 N–H and O–H groups in total. The van der Waals surface area contributed by atoms with E-state index in [0.29, 0.717) is 19.0 Å². The van der Waals surface area contributed by atoms with Crippen LogP contribution in [0.2, 0.25) is 0 Å². The van der Waals surface area contributed by atoms with Crippen LogP contribution in [0.5, 0.6) is 0 Å². The smallest absolute Gasteiger partial charge is 0.314 e. The van der Waals surface area contributed by atoms with Gasteiger partial charge in [-0.25, -0.2) is 9.78 Å². The number of carbonyl (C=O) groups excluding carboxylic acids is 2. The zero-order valence-electron chi connectivity index (χ0n) is 12.7. The van der Waals surface area contributed by atoms with E-state index in [0.717, 1.165) is 44.6 Å². The Labute approximate surface area is 129 Å². The second-order valence-corrected chi connectivity index (χ2v) is 6.20. The minimum absolute atomic E-state index is 0.0959. The van der Waals surface area contributed by atoms with Gasteiger partial charge >= 0.3 is 6.03 Å². The Morgan fingerprint density at radius 3 is 2.59 bits per heavy atom. The fourth-order valence-corrected chi connectivity index (χ4v) is 3.51. The van der Waals surface area contributed by atoms with Crippen molar-refractivity contribution in [2.45, 2.75) is 31.6 Å². The topological polar surface area (TPSA) is 95.3 Å². The van der Waals surface area contributed by atoms with Gasteiger partial charge in [0.25, 0.3) is 0 Å². The summed E-state index contributed by atoms with van der Waals surface area (Å²) in [6.07, 6.45) is 7.18. The molecular weight excluding hydrogens is 282 g/mol. The number of primary amides is 1. The molecule has 1 aromatic rings. The second kappa shape index (κ2) is 6.37. The van der Waals surface area contributed by atoms with Crippen molar-refractivity contribution in [3.63, 3.8) is 0 Å². The predicted octanol–water partition coefficient (Wildman–Crippen LogP) is 0.906. The Bertz CT molecular complexity index is 522. The molecule has 0 radical (unpaired) electrons. The number of aromatic nitrogens is 2. The molecule has 2 aliphatic rings. The summed E-state index contributed by atoms with van der Waals surface area (Å²) in [6.45, 7) is 2.65. The first kappa shape index (κ1) is 14.9. The Morgan fingerprint density at radius 2 is 1.95 bits per heavy atom. The third kappa shape index (κ3) is 3.08.